The Hall–Kier alpha value is -3.67. The van der Waals surface area contributed by atoms with Gasteiger partial charge in [-0.25, -0.2) is 0 Å². The molecule has 6 nitrogen and oxygen atoms in total. The van der Waals surface area contributed by atoms with E-state index in [2.05, 4.69) is 46.7 Å². The van der Waals surface area contributed by atoms with Gasteiger partial charge in [-0.05, 0) is 35.4 Å². The molecule has 0 saturated heterocycles. The Morgan fingerprint density at radius 3 is 2.30 bits per heavy atom. The van der Waals surface area contributed by atoms with Crippen LogP contribution in [0.15, 0.2) is 84.0 Å². The van der Waals surface area contributed by atoms with Gasteiger partial charge in [0.2, 0.25) is 0 Å². The molecule has 3 aromatic carbocycles. The SMILES string of the molecule is CN(Cc1ccccc1)c1ccc(C=NNc2ccc([N+](=O)[O-])cc2)cc1. The second kappa shape index (κ2) is 8.62. The lowest BCUT2D eigenvalue weighted by atomic mass is 10.2. The van der Waals surface area contributed by atoms with Crippen molar-refractivity contribution in [2.45, 2.75) is 6.54 Å². The smallest absolute Gasteiger partial charge is 0.269 e. The fraction of sp³-hybridized carbons (Fsp3) is 0.0952. The second-order valence-electron chi connectivity index (χ2n) is 6.11. The highest BCUT2D eigenvalue weighted by atomic mass is 16.6. The highest BCUT2D eigenvalue weighted by Crippen LogP contribution is 2.17. The van der Waals surface area contributed by atoms with E-state index in [4.69, 9.17) is 0 Å². The van der Waals surface area contributed by atoms with E-state index >= 15 is 0 Å². The summed E-state index contributed by atoms with van der Waals surface area (Å²) in [6, 6.07) is 24.5. The van der Waals surface area contributed by atoms with Crippen molar-refractivity contribution in [1.82, 2.24) is 0 Å². The molecule has 6 heteroatoms. The maximum atomic E-state index is 10.6. The molecule has 0 aliphatic rings. The predicted molar refractivity (Wildman–Crippen MR) is 109 cm³/mol. The Kier molecular flexibility index (Phi) is 5.79. The third-order valence-electron chi connectivity index (χ3n) is 4.08. The van der Waals surface area contributed by atoms with Gasteiger partial charge in [-0.15, -0.1) is 0 Å². The average Bonchev–Trinajstić information content (AvgIpc) is 2.69. The molecular weight excluding hydrogens is 340 g/mol. The molecule has 1 N–H and O–H groups in total. The van der Waals surface area contributed by atoms with E-state index in [9.17, 15) is 10.1 Å². The van der Waals surface area contributed by atoms with Gasteiger partial charge in [-0.1, -0.05) is 42.5 Å². The molecule has 0 spiro atoms. The van der Waals surface area contributed by atoms with Crippen LogP contribution in [0.3, 0.4) is 0 Å². The summed E-state index contributed by atoms with van der Waals surface area (Å²) in [7, 11) is 2.06. The van der Waals surface area contributed by atoms with Gasteiger partial charge in [0.25, 0.3) is 5.69 Å². The van der Waals surface area contributed by atoms with Crippen molar-refractivity contribution in [3.63, 3.8) is 0 Å². The first-order valence-corrected chi connectivity index (χ1v) is 8.50. The molecule has 136 valence electrons. The van der Waals surface area contributed by atoms with E-state index in [0.717, 1.165) is 17.8 Å². The molecule has 0 unspecified atom stereocenters. The molecule has 0 saturated carbocycles. The average molecular weight is 360 g/mol. The molecule has 3 rings (SSSR count). The minimum atomic E-state index is -0.427. The first-order chi connectivity index (χ1) is 13.1. The number of nitrogens with zero attached hydrogens (tertiary/aromatic N) is 3. The molecule has 0 radical (unpaired) electrons. The summed E-state index contributed by atoms with van der Waals surface area (Å²) in [5.74, 6) is 0. The number of nitro benzene ring substituents is 1. The van der Waals surface area contributed by atoms with Crippen LogP contribution in [0.5, 0.6) is 0 Å². The van der Waals surface area contributed by atoms with Crippen molar-refractivity contribution in [2.24, 2.45) is 5.10 Å². The van der Waals surface area contributed by atoms with Crippen molar-refractivity contribution in [1.29, 1.82) is 0 Å². The Morgan fingerprint density at radius 2 is 1.67 bits per heavy atom. The van der Waals surface area contributed by atoms with E-state index in [1.807, 2.05) is 30.3 Å². The summed E-state index contributed by atoms with van der Waals surface area (Å²) in [5, 5.41) is 14.8. The number of non-ortho nitro benzene ring substituents is 1. The van der Waals surface area contributed by atoms with Crippen LogP contribution in [0.25, 0.3) is 0 Å². The molecular formula is C21H20N4O2. The summed E-state index contributed by atoms with van der Waals surface area (Å²) in [6.45, 7) is 0.843. The van der Waals surface area contributed by atoms with Crippen LogP contribution < -0.4 is 10.3 Å². The van der Waals surface area contributed by atoms with E-state index in [0.29, 0.717) is 5.69 Å². The summed E-state index contributed by atoms with van der Waals surface area (Å²) < 4.78 is 0. The number of hydrogen-bond donors (Lipinski definition) is 1. The molecule has 27 heavy (non-hydrogen) atoms. The van der Waals surface area contributed by atoms with E-state index in [1.165, 1.54) is 17.7 Å². The van der Waals surface area contributed by atoms with Crippen LogP contribution in [0.4, 0.5) is 17.1 Å². The molecule has 0 atom stereocenters. The van der Waals surface area contributed by atoms with Crippen LogP contribution >= 0.6 is 0 Å². The van der Waals surface area contributed by atoms with Crippen molar-refractivity contribution < 1.29 is 4.92 Å². The van der Waals surface area contributed by atoms with Crippen molar-refractivity contribution in [3.8, 4) is 0 Å². The first kappa shape index (κ1) is 18.1. The van der Waals surface area contributed by atoms with Crippen LogP contribution in [0, 0.1) is 10.1 Å². The number of nitrogens with one attached hydrogen (secondary N) is 1. The van der Waals surface area contributed by atoms with Gasteiger partial charge >= 0.3 is 0 Å². The van der Waals surface area contributed by atoms with Gasteiger partial charge in [-0.2, -0.15) is 5.10 Å². The third-order valence-corrected chi connectivity index (χ3v) is 4.08. The van der Waals surface area contributed by atoms with Crippen molar-refractivity contribution in [2.75, 3.05) is 17.4 Å². The first-order valence-electron chi connectivity index (χ1n) is 8.50. The minimum Gasteiger partial charge on any atom is -0.370 e. The fourth-order valence-corrected chi connectivity index (χ4v) is 2.60. The van der Waals surface area contributed by atoms with Gasteiger partial charge in [-0.3, -0.25) is 15.5 Å². The molecule has 3 aromatic rings. The highest BCUT2D eigenvalue weighted by molar-refractivity contribution is 5.81. The van der Waals surface area contributed by atoms with E-state index in [-0.39, 0.29) is 5.69 Å². The quantitative estimate of drug-likeness (QED) is 0.377. The lowest BCUT2D eigenvalue weighted by Crippen LogP contribution is -2.16. The molecule has 0 heterocycles. The van der Waals surface area contributed by atoms with Crippen LogP contribution in [-0.2, 0) is 6.54 Å². The fourth-order valence-electron chi connectivity index (χ4n) is 2.60. The zero-order chi connectivity index (χ0) is 19.1. The Balaban J connectivity index is 1.56. The van der Waals surface area contributed by atoms with Gasteiger partial charge in [0.05, 0.1) is 16.8 Å². The number of hydrogen-bond acceptors (Lipinski definition) is 5. The third kappa shape index (κ3) is 5.15. The van der Waals surface area contributed by atoms with Gasteiger partial charge < -0.3 is 4.90 Å². The van der Waals surface area contributed by atoms with Crippen LogP contribution in [-0.4, -0.2) is 18.2 Å². The topological polar surface area (TPSA) is 70.8 Å². The Morgan fingerprint density at radius 1 is 1.00 bits per heavy atom. The van der Waals surface area contributed by atoms with Crippen molar-refractivity contribution in [3.05, 3.63) is 100 Å². The Labute approximate surface area is 157 Å². The second-order valence-corrected chi connectivity index (χ2v) is 6.11. The van der Waals surface area contributed by atoms with Gasteiger partial charge in [0.1, 0.15) is 0 Å². The lowest BCUT2D eigenvalue weighted by molar-refractivity contribution is -0.384. The number of benzene rings is 3. The van der Waals surface area contributed by atoms with Gasteiger partial charge in [0.15, 0.2) is 0 Å². The standard InChI is InChI=1S/C21H20N4O2/c1-24(16-18-5-3-2-4-6-18)20-11-7-17(8-12-20)15-22-23-19-9-13-21(14-10-19)25(26)27/h2-15,23H,16H2,1H3. The summed E-state index contributed by atoms with van der Waals surface area (Å²) in [5.41, 5.74) is 6.96. The minimum absolute atomic E-state index is 0.0553. The van der Waals surface area contributed by atoms with Crippen LogP contribution in [0.2, 0.25) is 0 Å². The number of anilines is 2. The van der Waals surface area contributed by atoms with E-state index in [1.54, 1.807) is 18.3 Å². The molecule has 0 aliphatic heterocycles. The highest BCUT2D eigenvalue weighted by Gasteiger charge is 2.03. The molecule has 0 amide bonds. The number of rotatable bonds is 7. The maximum absolute atomic E-state index is 10.6. The summed E-state index contributed by atoms with van der Waals surface area (Å²) in [4.78, 5) is 12.4. The summed E-state index contributed by atoms with van der Waals surface area (Å²) >= 11 is 0. The predicted octanol–water partition coefficient (Wildman–Crippen LogP) is 4.68. The number of hydrazone groups is 1. The van der Waals surface area contributed by atoms with Crippen LogP contribution in [0.1, 0.15) is 11.1 Å². The Bertz CT molecular complexity index is 907. The van der Waals surface area contributed by atoms with Gasteiger partial charge in [0, 0.05) is 31.4 Å². The summed E-state index contributed by atoms with van der Waals surface area (Å²) in [6.07, 6.45) is 1.71. The zero-order valence-corrected chi connectivity index (χ0v) is 14.9. The van der Waals surface area contributed by atoms with E-state index < -0.39 is 4.92 Å². The lowest BCUT2D eigenvalue weighted by Gasteiger charge is -2.19. The van der Waals surface area contributed by atoms with Crippen molar-refractivity contribution >= 4 is 23.3 Å². The monoisotopic (exact) mass is 360 g/mol. The molecule has 0 aliphatic carbocycles. The molecule has 0 fully saturated rings. The maximum Gasteiger partial charge on any atom is 0.269 e. The zero-order valence-electron chi connectivity index (χ0n) is 14.9. The molecule has 0 bridgehead atoms. The number of nitro groups is 1. The molecule has 0 aromatic heterocycles. The normalized spacial score (nSPS) is 10.7. The largest absolute Gasteiger partial charge is 0.370 e.